The molecule has 0 spiro atoms. The topological polar surface area (TPSA) is 84.9 Å². The molecule has 0 aliphatic carbocycles. The van der Waals surface area contributed by atoms with E-state index < -0.39 is 10.0 Å². The maximum absolute atomic E-state index is 13.6. The van der Waals surface area contributed by atoms with Gasteiger partial charge in [-0.2, -0.15) is 4.31 Å². The van der Waals surface area contributed by atoms with Gasteiger partial charge in [-0.05, 0) is 48.7 Å². The van der Waals surface area contributed by atoms with E-state index in [1.807, 2.05) is 24.3 Å². The summed E-state index contributed by atoms with van der Waals surface area (Å²) in [6.07, 6.45) is 3.54. The van der Waals surface area contributed by atoms with Crippen LogP contribution in [0.3, 0.4) is 0 Å². The fourth-order valence-electron chi connectivity index (χ4n) is 3.89. The summed E-state index contributed by atoms with van der Waals surface area (Å²) in [4.78, 5) is 11.8. The average molecular weight is 416 g/mol. The van der Waals surface area contributed by atoms with E-state index in [1.54, 1.807) is 23.5 Å². The van der Waals surface area contributed by atoms with Crippen LogP contribution in [0, 0.1) is 0 Å². The number of rotatable bonds is 4. The zero-order valence-corrected chi connectivity index (χ0v) is 17.1. The monoisotopic (exact) mass is 416 g/mol. The third kappa shape index (κ3) is 3.95. The van der Waals surface area contributed by atoms with Crippen molar-refractivity contribution in [3.63, 3.8) is 0 Å². The van der Waals surface area contributed by atoms with Gasteiger partial charge in [0.2, 0.25) is 10.0 Å². The lowest BCUT2D eigenvalue weighted by Gasteiger charge is -2.30. The van der Waals surface area contributed by atoms with Gasteiger partial charge in [0, 0.05) is 6.54 Å². The molecule has 1 amide bonds. The lowest BCUT2D eigenvalue weighted by atomic mass is 10.0. The first-order valence-corrected chi connectivity index (χ1v) is 11.2. The molecule has 1 fully saturated rings. The number of hydrogen-bond acceptors (Lipinski definition) is 5. The van der Waals surface area contributed by atoms with E-state index in [0.29, 0.717) is 18.0 Å². The number of carbonyl (C=O) groups excluding carboxylic acids is 1. The predicted molar refractivity (Wildman–Crippen MR) is 109 cm³/mol. The molecule has 4 rings (SSSR count). The molecule has 2 aromatic carbocycles. The molecule has 2 aliphatic rings. The van der Waals surface area contributed by atoms with Gasteiger partial charge in [0.05, 0.1) is 23.7 Å². The largest absolute Gasteiger partial charge is 0.497 e. The Hall–Kier alpha value is -2.58. The van der Waals surface area contributed by atoms with Crippen LogP contribution in [0.1, 0.15) is 37.3 Å². The Morgan fingerprint density at radius 1 is 1.10 bits per heavy atom. The number of methoxy groups -OCH3 is 1. The fourth-order valence-corrected chi connectivity index (χ4v) is 5.60. The first-order chi connectivity index (χ1) is 14.0. The molecule has 29 heavy (non-hydrogen) atoms. The minimum atomic E-state index is -3.75. The molecular weight excluding hydrogens is 392 g/mol. The van der Waals surface area contributed by atoms with Gasteiger partial charge in [0.25, 0.3) is 5.91 Å². The summed E-state index contributed by atoms with van der Waals surface area (Å²) in [5.74, 6) is 0.922. The number of nitrogens with one attached hydrogen (secondary N) is 1. The van der Waals surface area contributed by atoms with E-state index in [4.69, 9.17) is 9.47 Å². The van der Waals surface area contributed by atoms with Crippen LogP contribution in [0.5, 0.6) is 11.5 Å². The number of benzene rings is 2. The molecule has 1 saturated heterocycles. The number of sulfonamides is 1. The highest BCUT2D eigenvalue weighted by Gasteiger charge is 2.34. The van der Waals surface area contributed by atoms with Gasteiger partial charge in [-0.25, -0.2) is 8.42 Å². The number of fused-ring (bicyclic) bond motifs is 1. The summed E-state index contributed by atoms with van der Waals surface area (Å²) in [5, 5.41) is 2.68. The van der Waals surface area contributed by atoms with E-state index in [0.717, 1.165) is 37.0 Å². The molecule has 2 aliphatic heterocycles. The van der Waals surface area contributed by atoms with Gasteiger partial charge in [-0.3, -0.25) is 4.79 Å². The van der Waals surface area contributed by atoms with Crippen molar-refractivity contribution in [3.8, 4) is 11.5 Å². The van der Waals surface area contributed by atoms with Gasteiger partial charge in [0.1, 0.15) is 11.5 Å². The zero-order valence-electron chi connectivity index (χ0n) is 16.3. The molecule has 0 bridgehead atoms. The second-order valence-electron chi connectivity index (χ2n) is 7.25. The van der Waals surface area contributed by atoms with Crippen molar-refractivity contribution in [2.75, 3.05) is 25.6 Å². The molecule has 8 heteroatoms. The third-order valence-electron chi connectivity index (χ3n) is 5.39. The van der Waals surface area contributed by atoms with Crippen LogP contribution in [0.25, 0.3) is 0 Å². The highest BCUT2D eigenvalue weighted by molar-refractivity contribution is 7.89. The Labute approximate surface area is 170 Å². The molecule has 0 radical (unpaired) electrons. The van der Waals surface area contributed by atoms with Gasteiger partial charge < -0.3 is 14.8 Å². The lowest BCUT2D eigenvalue weighted by Crippen LogP contribution is -2.35. The number of anilines is 1. The Kier molecular flexibility index (Phi) is 5.47. The van der Waals surface area contributed by atoms with E-state index in [2.05, 4.69) is 5.32 Å². The van der Waals surface area contributed by atoms with Crippen molar-refractivity contribution in [3.05, 3.63) is 48.0 Å². The van der Waals surface area contributed by atoms with E-state index >= 15 is 0 Å². The van der Waals surface area contributed by atoms with Crippen molar-refractivity contribution < 1.29 is 22.7 Å². The molecule has 0 aromatic heterocycles. The van der Waals surface area contributed by atoms with Gasteiger partial charge >= 0.3 is 0 Å². The van der Waals surface area contributed by atoms with Crippen molar-refractivity contribution in [2.45, 2.75) is 36.6 Å². The Morgan fingerprint density at radius 2 is 1.90 bits per heavy atom. The van der Waals surface area contributed by atoms with Crippen LogP contribution in [0.4, 0.5) is 5.69 Å². The lowest BCUT2D eigenvalue weighted by molar-refractivity contribution is -0.118. The number of hydrogen-bond donors (Lipinski definition) is 1. The van der Waals surface area contributed by atoms with Crippen LogP contribution in [0.2, 0.25) is 0 Å². The average Bonchev–Trinajstić information content (AvgIpc) is 3.00. The predicted octanol–water partition coefficient (Wildman–Crippen LogP) is 3.33. The minimum Gasteiger partial charge on any atom is -0.497 e. The molecule has 2 heterocycles. The molecule has 0 unspecified atom stereocenters. The van der Waals surface area contributed by atoms with Crippen molar-refractivity contribution in [1.82, 2.24) is 4.31 Å². The Morgan fingerprint density at radius 3 is 2.66 bits per heavy atom. The molecule has 1 atom stereocenters. The maximum Gasteiger partial charge on any atom is 0.262 e. The second-order valence-corrected chi connectivity index (χ2v) is 9.14. The van der Waals surface area contributed by atoms with Crippen LogP contribution >= 0.6 is 0 Å². The molecule has 2 aromatic rings. The molecule has 7 nitrogen and oxygen atoms in total. The quantitative estimate of drug-likeness (QED) is 0.826. The number of nitrogens with zero attached hydrogens (tertiary/aromatic N) is 1. The van der Waals surface area contributed by atoms with Crippen molar-refractivity contribution in [1.29, 1.82) is 0 Å². The summed E-state index contributed by atoms with van der Waals surface area (Å²) in [7, 11) is -2.15. The normalized spacial score (nSPS) is 20.2. The number of carbonyl (C=O) groups is 1. The summed E-state index contributed by atoms with van der Waals surface area (Å²) in [5.41, 5.74) is 1.34. The van der Waals surface area contributed by atoms with Crippen molar-refractivity contribution in [2.24, 2.45) is 0 Å². The Balaban J connectivity index is 1.70. The highest BCUT2D eigenvalue weighted by Crippen LogP contribution is 2.37. The second kappa shape index (κ2) is 8.04. The third-order valence-corrected chi connectivity index (χ3v) is 7.30. The summed E-state index contributed by atoms with van der Waals surface area (Å²) >= 11 is 0. The molecule has 154 valence electrons. The van der Waals surface area contributed by atoms with E-state index in [9.17, 15) is 13.2 Å². The van der Waals surface area contributed by atoms with Crippen LogP contribution in [-0.4, -0.2) is 38.9 Å². The van der Waals surface area contributed by atoms with Crippen molar-refractivity contribution >= 4 is 21.6 Å². The summed E-state index contributed by atoms with van der Waals surface area (Å²) in [6, 6.07) is 12.0. The smallest absolute Gasteiger partial charge is 0.262 e. The van der Waals surface area contributed by atoms with Gasteiger partial charge in [0.15, 0.2) is 6.61 Å². The maximum atomic E-state index is 13.6. The van der Waals surface area contributed by atoms with E-state index in [-0.39, 0.29) is 23.5 Å². The summed E-state index contributed by atoms with van der Waals surface area (Å²) in [6.45, 7) is 0.393. The zero-order chi connectivity index (χ0) is 20.4. The number of amides is 1. The first-order valence-electron chi connectivity index (χ1n) is 9.71. The van der Waals surface area contributed by atoms with Crippen LogP contribution in [-0.2, 0) is 14.8 Å². The van der Waals surface area contributed by atoms with E-state index in [1.165, 1.54) is 6.07 Å². The van der Waals surface area contributed by atoms with Gasteiger partial charge in [-0.15, -0.1) is 0 Å². The fraction of sp³-hybridized carbons (Fsp3) is 0.381. The minimum absolute atomic E-state index is 0.0647. The first kappa shape index (κ1) is 19.7. The SMILES string of the molecule is COc1ccc([C@@H]2CCCCCN2S(=O)(=O)c2ccc3c(c2)NC(=O)CO3)cc1. The van der Waals surface area contributed by atoms with Crippen LogP contribution < -0.4 is 14.8 Å². The molecule has 0 saturated carbocycles. The standard InChI is InChI=1S/C21H24N2O5S/c1-27-16-8-6-15(7-9-16)19-5-3-2-4-12-23(19)29(25,26)17-10-11-20-18(13-17)22-21(24)14-28-20/h6-11,13,19H,2-5,12,14H2,1H3,(H,22,24)/t19-/m0/s1. The van der Waals surface area contributed by atoms with Gasteiger partial charge in [-0.1, -0.05) is 25.0 Å². The molecule has 1 N–H and O–H groups in total. The molecular formula is C21H24N2O5S. The summed E-state index contributed by atoms with van der Waals surface area (Å²) < 4.78 is 39.3. The highest BCUT2D eigenvalue weighted by atomic mass is 32.2. The van der Waals surface area contributed by atoms with Crippen LogP contribution in [0.15, 0.2) is 47.4 Å². The number of ether oxygens (including phenoxy) is 2. The Bertz CT molecular complexity index is 1000.